The van der Waals surface area contributed by atoms with E-state index in [9.17, 15) is 9.18 Å². The van der Waals surface area contributed by atoms with Crippen molar-refractivity contribution in [3.8, 4) is 11.5 Å². The molecule has 1 fully saturated rings. The summed E-state index contributed by atoms with van der Waals surface area (Å²) < 4.78 is 24.9. The Labute approximate surface area is 175 Å². The van der Waals surface area contributed by atoms with E-state index in [0.29, 0.717) is 68.0 Å². The number of hydrogen-bond donors (Lipinski definition) is 0. The lowest BCUT2D eigenvalue weighted by atomic mass is 10.1. The van der Waals surface area contributed by atoms with Gasteiger partial charge in [0.25, 0.3) is 5.91 Å². The van der Waals surface area contributed by atoms with Gasteiger partial charge in [0, 0.05) is 32.7 Å². The van der Waals surface area contributed by atoms with Crippen molar-refractivity contribution in [1.29, 1.82) is 0 Å². The summed E-state index contributed by atoms with van der Waals surface area (Å²) in [6.07, 6.45) is 0. The Bertz CT molecular complexity index is 957. The van der Waals surface area contributed by atoms with E-state index in [4.69, 9.17) is 9.47 Å². The van der Waals surface area contributed by atoms with E-state index in [1.165, 1.54) is 13.2 Å². The highest BCUT2D eigenvalue weighted by Crippen LogP contribution is 2.32. The highest BCUT2D eigenvalue weighted by molar-refractivity contribution is 6.08. The molecule has 1 saturated heterocycles. The lowest BCUT2D eigenvalue weighted by Gasteiger charge is -2.38. The molecule has 0 aromatic heterocycles. The first-order chi connectivity index (χ1) is 14.6. The number of benzene rings is 2. The Balaban J connectivity index is 1.49. The molecule has 0 spiro atoms. The van der Waals surface area contributed by atoms with Crippen molar-refractivity contribution >= 4 is 17.6 Å². The smallest absolute Gasteiger partial charge is 0.264 e. The van der Waals surface area contributed by atoms with E-state index in [2.05, 4.69) is 9.89 Å². The quantitative estimate of drug-likeness (QED) is 0.772. The number of nitrogens with zero attached hydrogens (tertiary/aromatic N) is 4. The number of hydrogen-bond acceptors (Lipinski definition) is 6. The molecule has 0 aliphatic carbocycles. The summed E-state index contributed by atoms with van der Waals surface area (Å²) in [6.45, 7) is 3.70. The fourth-order valence-corrected chi connectivity index (χ4v) is 3.95. The Kier molecular flexibility index (Phi) is 5.74. The van der Waals surface area contributed by atoms with Crippen LogP contribution < -0.4 is 14.4 Å². The van der Waals surface area contributed by atoms with E-state index >= 15 is 0 Å². The van der Waals surface area contributed by atoms with Crippen molar-refractivity contribution in [1.82, 2.24) is 9.80 Å². The number of halogens is 1. The number of aliphatic imine (C=N–C) groups is 1. The van der Waals surface area contributed by atoms with Crippen LogP contribution in [0.15, 0.2) is 47.5 Å². The standard InChI is InChI=1S/C22H25FN4O3/c1-29-19-9-5-6-16(20(19)30-2)21(28)27-11-10-24-22(27)26-14-12-25(13-15-26)18-8-4-3-7-17(18)23/h3-9H,10-15H2,1-2H3. The first-order valence-corrected chi connectivity index (χ1v) is 9.95. The van der Waals surface area contributed by atoms with Gasteiger partial charge in [0.15, 0.2) is 11.5 Å². The minimum atomic E-state index is -0.217. The number of piperazine rings is 1. The maximum Gasteiger partial charge on any atom is 0.264 e. The minimum Gasteiger partial charge on any atom is -0.493 e. The molecule has 0 saturated carbocycles. The molecule has 2 aliphatic heterocycles. The minimum absolute atomic E-state index is 0.168. The van der Waals surface area contributed by atoms with Gasteiger partial charge in [0.05, 0.1) is 32.0 Å². The molecule has 0 atom stereocenters. The van der Waals surface area contributed by atoms with Crippen molar-refractivity contribution in [3.05, 3.63) is 53.8 Å². The lowest BCUT2D eigenvalue weighted by molar-refractivity contribution is 0.0839. The highest BCUT2D eigenvalue weighted by Gasteiger charge is 2.33. The Morgan fingerprint density at radius 3 is 2.37 bits per heavy atom. The van der Waals surface area contributed by atoms with Crippen molar-refractivity contribution in [2.24, 2.45) is 4.99 Å². The molecule has 1 amide bonds. The topological polar surface area (TPSA) is 57.6 Å². The van der Waals surface area contributed by atoms with Crippen molar-refractivity contribution in [2.45, 2.75) is 0 Å². The molecule has 4 rings (SSSR count). The summed E-state index contributed by atoms with van der Waals surface area (Å²) in [6, 6.07) is 12.1. The third kappa shape index (κ3) is 3.65. The maximum absolute atomic E-state index is 14.1. The number of rotatable bonds is 4. The molecular formula is C22H25FN4O3. The zero-order valence-electron chi connectivity index (χ0n) is 17.2. The number of methoxy groups -OCH3 is 2. The average molecular weight is 412 g/mol. The highest BCUT2D eigenvalue weighted by atomic mass is 19.1. The third-order valence-corrected chi connectivity index (χ3v) is 5.45. The summed E-state index contributed by atoms with van der Waals surface area (Å²) in [5.74, 6) is 1.21. The molecule has 0 bridgehead atoms. The molecule has 30 heavy (non-hydrogen) atoms. The van der Waals surface area contributed by atoms with E-state index < -0.39 is 0 Å². The van der Waals surface area contributed by atoms with Crippen LogP contribution in [-0.4, -0.2) is 75.2 Å². The third-order valence-electron chi connectivity index (χ3n) is 5.45. The molecule has 2 aromatic carbocycles. The molecule has 2 heterocycles. The number of guanidine groups is 1. The fourth-order valence-electron chi connectivity index (χ4n) is 3.95. The second-order valence-corrected chi connectivity index (χ2v) is 7.11. The molecule has 158 valence electrons. The van der Waals surface area contributed by atoms with Gasteiger partial charge in [0.1, 0.15) is 5.82 Å². The number of ether oxygens (including phenoxy) is 2. The monoisotopic (exact) mass is 412 g/mol. The van der Waals surface area contributed by atoms with E-state index in [1.807, 2.05) is 11.0 Å². The molecular weight excluding hydrogens is 387 g/mol. The van der Waals surface area contributed by atoms with Gasteiger partial charge in [-0.15, -0.1) is 0 Å². The van der Waals surface area contributed by atoms with Crippen LogP contribution in [0.25, 0.3) is 0 Å². The van der Waals surface area contributed by atoms with Gasteiger partial charge in [0.2, 0.25) is 5.96 Å². The van der Waals surface area contributed by atoms with Crippen LogP contribution in [0.2, 0.25) is 0 Å². The van der Waals surface area contributed by atoms with E-state index in [-0.39, 0.29) is 11.7 Å². The fraction of sp³-hybridized carbons (Fsp3) is 0.364. The van der Waals surface area contributed by atoms with Crippen molar-refractivity contribution in [2.75, 3.05) is 58.4 Å². The Hall–Kier alpha value is -3.29. The first kappa shape index (κ1) is 20.0. The van der Waals surface area contributed by atoms with Gasteiger partial charge in [-0.25, -0.2) is 4.39 Å². The van der Waals surface area contributed by atoms with Gasteiger partial charge in [-0.3, -0.25) is 14.7 Å². The van der Waals surface area contributed by atoms with Crippen LogP contribution in [0.5, 0.6) is 11.5 Å². The maximum atomic E-state index is 14.1. The van der Waals surface area contributed by atoms with Crippen LogP contribution >= 0.6 is 0 Å². The predicted octanol–water partition coefficient (Wildman–Crippen LogP) is 2.48. The van der Waals surface area contributed by atoms with Crippen LogP contribution in [0.3, 0.4) is 0 Å². The van der Waals surface area contributed by atoms with Gasteiger partial charge in [-0.1, -0.05) is 18.2 Å². The van der Waals surface area contributed by atoms with Crippen LogP contribution in [0, 0.1) is 5.82 Å². The second kappa shape index (κ2) is 8.61. The molecule has 0 N–H and O–H groups in total. The molecule has 7 nitrogen and oxygen atoms in total. The zero-order valence-corrected chi connectivity index (χ0v) is 17.2. The van der Waals surface area contributed by atoms with E-state index in [0.717, 1.165) is 0 Å². The van der Waals surface area contributed by atoms with Gasteiger partial charge < -0.3 is 19.3 Å². The molecule has 2 aromatic rings. The number of carbonyl (C=O) groups is 1. The average Bonchev–Trinajstić information content (AvgIpc) is 3.28. The predicted molar refractivity (Wildman–Crippen MR) is 113 cm³/mol. The largest absolute Gasteiger partial charge is 0.493 e. The molecule has 0 unspecified atom stereocenters. The molecule has 8 heteroatoms. The molecule has 2 aliphatic rings. The number of anilines is 1. The normalized spacial score (nSPS) is 16.5. The van der Waals surface area contributed by atoms with Gasteiger partial charge in [-0.05, 0) is 24.3 Å². The number of amides is 1. The summed E-state index contributed by atoms with van der Waals surface area (Å²) in [5, 5.41) is 0. The van der Waals surface area contributed by atoms with Gasteiger partial charge >= 0.3 is 0 Å². The van der Waals surface area contributed by atoms with Crippen LogP contribution in [0.1, 0.15) is 10.4 Å². The SMILES string of the molecule is COc1cccc(C(=O)N2CCN=C2N2CCN(c3ccccc3F)CC2)c1OC. The molecule has 0 radical (unpaired) electrons. The van der Waals surface area contributed by atoms with Crippen LogP contribution in [0.4, 0.5) is 10.1 Å². The number of carbonyl (C=O) groups excluding carboxylic acids is 1. The summed E-state index contributed by atoms with van der Waals surface area (Å²) in [4.78, 5) is 23.7. The second-order valence-electron chi connectivity index (χ2n) is 7.11. The lowest BCUT2D eigenvalue weighted by Crippen LogP contribution is -2.53. The Morgan fingerprint density at radius 1 is 0.933 bits per heavy atom. The summed E-state index contributed by atoms with van der Waals surface area (Å²) >= 11 is 0. The van der Waals surface area contributed by atoms with Crippen molar-refractivity contribution < 1.29 is 18.7 Å². The Morgan fingerprint density at radius 2 is 1.67 bits per heavy atom. The first-order valence-electron chi connectivity index (χ1n) is 9.95. The zero-order chi connectivity index (χ0) is 21.1. The summed E-state index contributed by atoms with van der Waals surface area (Å²) in [5.41, 5.74) is 1.05. The number of para-hydroxylation sites is 2. The summed E-state index contributed by atoms with van der Waals surface area (Å²) in [7, 11) is 3.07. The van der Waals surface area contributed by atoms with Crippen molar-refractivity contribution in [3.63, 3.8) is 0 Å². The van der Waals surface area contributed by atoms with Crippen LogP contribution in [-0.2, 0) is 0 Å². The van der Waals surface area contributed by atoms with Gasteiger partial charge in [-0.2, -0.15) is 0 Å². The van der Waals surface area contributed by atoms with E-state index in [1.54, 1.807) is 42.3 Å².